The molecule has 36 heavy (non-hydrogen) atoms. The van der Waals surface area contributed by atoms with Gasteiger partial charge >= 0.3 is 51.4 Å². The van der Waals surface area contributed by atoms with Crippen molar-refractivity contribution in [2.45, 2.75) is 24.3 Å². The van der Waals surface area contributed by atoms with Crippen LogP contribution in [0.3, 0.4) is 0 Å². The van der Waals surface area contributed by atoms with Crippen LogP contribution in [0.1, 0.15) is 17.8 Å². The van der Waals surface area contributed by atoms with E-state index in [-0.39, 0.29) is 70.0 Å². The predicted molar refractivity (Wildman–Crippen MR) is 140 cm³/mol. The molecule has 0 saturated carbocycles. The summed E-state index contributed by atoms with van der Waals surface area (Å²) in [6, 6.07) is 10.9. The van der Waals surface area contributed by atoms with Gasteiger partial charge in [0.05, 0.1) is 32.7 Å². The van der Waals surface area contributed by atoms with Crippen LogP contribution in [-0.4, -0.2) is 44.0 Å². The number of fused-ring (bicyclic) bond motifs is 2. The molecule has 0 saturated heterocycles. The van der Waals surface area contributed by atoms with Crippen LogP contribution in [0.25, 0.3) is 16.3 Å². The first-order valence-corrected chi connectivity index (χ1v) is 15.9. The van der Waals surface area contributed by atoms with E-state index in [1.54, 1.807) is 24.3 Å². The summed E-state index contributed by atoms with van der Waals surface area (Å²) in [5.74, 6) is -0.850. The maximum Gasteiger partial charge on any atom is 1.00 e. The van der Waals surface area contributed by atoms with Crippen LogP contribution in [-0.2, 0) is 26.8 Å². The van der Waals surface area contributed by atoms with Gasteiger partial charge in [-0.15, -0.1) is 0 Å². The Hall–Kier alpha value is 0.256. The summed E-state index contributed by atoms with van der Waals surface area (Å²) in [7, 11) is -8.44. The molecule has 188 valence electrons. The minimum absolute atomic E-state index is 0. The SMILES string of the molecule is O=S(=O)([O-])CCC[n+]1c(C=C2Sc3ccc(Cl)cc3N2CCCS(=O)(=O)O)sc2ccc(Cl)cc21.[K+]. The third-order valence-corrected chi connectivity index (χ3v) is 9.48. The zero-order valence-electron chi connectivity index (χ0n) is 19.1. The molecule has 1 aliphatic rings. The monoisotopic (exact) mass is 633 g/mol. The van der Waals surface area contributed by atoms with Crippen LogP contribution in [0.5, 0.6) is 0 Å². The molecular weight excluding hydrogens is 615 g/mol. The normalized spacial score (nSPS) is 14.9. The Balaban J connectivity index is 0.00000361. The van der Waals surface area contributed by atoms with Gasteiger partial charge in [-0.25, -0.2) is 8.42 Å². The number of rotatable bonds is 9. The molecule has 0 fully saturated rings. The van der Waals surface area contributed by atoms with Crippen molar-refractivity contribution in [1.82, 2.24) is 0 Å². The van der Waals surface area contributed by atoms with Gasteiger partial charge in [-0.3, -0.25) is 4.55 Å². The number of halogens is 2. The van der Waals surface area contributed by atoms with Crippen molar-refractivity contribution in [3.05, 3.63) is 56.5 Å². The van der Waals surface area contributed by atoms with Crippen LogP contribution >= 0.6 is 46.3 Å². The van der Waals surface area contributed by atoms with Gasteiger partial charge in [0, 0.05) is 39.7 Å². The summed E-state index contributed by atoms with van der Waals surface area (Å²) in [5, 5.41) is 2.70. The smallest absolute Gasteiger partial charge is 0.748 e. The van der Waals surface area contributed by atoms with Gasteiger partial charge in [-0.2, -0.15) is 13.0 Å². The molecule has 4 rings (SSSR count). The van der Waals surface area contributed by atoms with E-state index in [4.69, 9.17) is 27.8 Å². The molecular formula is C21H20Cl2KN2O6S4+. The van der Waals surface area contributed by atoms with E-state index in [1.165, 1.54) is 23.1 Å². The molecule has 1 aliphatic heterocycles. The number of nitrogens with zero attached hydrogens (tertiary/aromatic N) is 2. The average Bonchev–Trinajstić information content (AvgIpc) is 3.24. The maximum absolute atomic E-state index is 11.2. The minimum atomic E-state index is -4.34. The topological polar surface area (TPSA) is 119 Å². The van der Waals surface area contributed by atoms with E-state index in [9.17, 15) is 21.4 Å². The number of aryl methyl sites for hydroxylation is 1. The number of thioether (sulfide) groups is 1. The molecule has 3 aromatic rings. The third-order valence-electron chi connectivity index (χ3n) is 5.19. The molecule has 0 amide bonds. The van der Waals surface area contributed by atoms with Crippen molar-refractivity contribution in [1.29, 1.82) is 0 Å². The maximum atomic E-state index is 11.2. The fourth-order valence-corrected chi connectivity index (χ4v) is 7.33. The van der Waals surface area contributed by atoms with Gasteiger partial charge in [0.2, 0.25) is 5.52 Å². The summed E-state index contributed by atoms with van der Waals surface area (Å²) in [6.45, 7) is 0.629. The van der Waals surface area contributed by atoms with E-state index in [0.29, 0.717) is 23.1 Å². The fraction of sp³-hybridized carbons (Fsp3) is 0.286. The second-order valence-electron chi connectivity index (χ2n) is 7.81. The first-order valence-electron chi connectivity index (χ1n) is 10.4. The molecule has 0 radical (unpaired) electrons. The molecule has 1 aromatic heterocycles. The summed E-state index contributed by atoms with van der Waals surface area (Å²) in [5.41, 5.74) is 1.65. The van der Waals surface area contributed by atoms with Crippen molar-refractivity contribution in [2.24, 2.45) is 0 Å². The van der Waals surface area contributed by atoms with Crippen molar-refractivity contribution < 1.29 is 81.9 Å². The van der Waals surface area contributed by atoms with E-state index >= 15 is 0 Å². The first kappa shape index (κ1) is 30.8. The second-order valence-corrected chi connectivity index (χ2v) is 13.9. The van der Waals surface area contributed by atoms with Crippen molar-refractivity contribution in [2.75, 3.05) is 23.0 Å². The molecule has 0 spiro atoms. The summed E-state index contributed by atoms with van der Waals surface area (Å²) >= 11 is 15.4. The zero-order valence-corrected chi connectivity index (χ0v) is 27.0. The van der Waals surface area contributed by atoms with Crippen LogP contribution in [0.4, 0.5) is 5.69 Å². The van der Waals surface area contributed by atoms with Crippen LogP contribution in [0.2, 0.25) is 10.0 Å². The molecule has 0 aliphatic carbocycles. The Morgan fingerprint density at radius 3 is 2.42 bits per heavy atom. The van der Waals surface area contributed by atoms with Gasteiger partial charge in [0.1, 0.15) is 4.70 Å². The van der Waals surface area contributed by atoms with E-state index in [0.717, 1.165) is 30.8 Å². The van der Waals surface area contributed by atoms with Gasteiger partial charge in [-0.05, 0) is 36.8 Å². The molecule has 2 heterocycles. The molecule has 0 atom stereocenters. The van der Waals surface area contributed by atoms with Gasteiger partial charge < -0.3 is 9.45 Å². The Kier molecular flexibility index (Phi) is 10.8. The number of hydrogen-bond acceptors (Lipinski definition) is 8. The second kappa shape index (κ2) is 12.6. The van der Waals surface area contributed by atoms with Gasteiger partial charge in [0.15, 0.2) is 6.54 Å². The third kappa shape index (κ3) is 8.13. The quantitative estimate of drug-likeness (QED) is 0.215. The summed E-state index contributed by atoms with van der Waals surface area (Å²) < 4.78 is 67.9. The Morgan fingerprint density at radius 1 is 1.03 bits per heavy atom. The van der Waals surface area contributed by atoms with E-state index in [1.807, 2.05) is 27.7 Å². The van der Waals surface area contributed by atoms with Gasteiger partial charge in [0.25, 0.3) is 15.1 Å². The molecule has 0 unspecified atom stereocenters. The van der Waals surface area contributed by atoms with Crippen molar-refractivity contribution >= 4 is 88.5 Å². The minimum Gasteiger partial charge on any atom is -0.748 e. The fourth-order valence-electron chi connectivity index (χ4n) is 3.73. The standard InChI is InChI=1S/C21H20Cl2N2O6S4.K/c22-14-3-5-18-16(11-14)24(7-1-9-34(26,27)28)20(32-18)13-21-25(8-2-10-35(29,30)31)17-12-15(23)4-6-19(17)33-21;/h3-6,11-13H,1-2,7-10H2,(H-,26,27,28,29,30,31);/q;+1. The average molecular weight is 635 g/mol. The molecule has 8 nitrogen and oxygen atoms in total. The van der Waals surface area contributed by atoms with Crippen molar-refractivity contribution in [3.63, 3.8) is 0 Å². The van der Waals surface area contributed by atoms with Crippen LogP contribution in [0, 0.1) is 0 Å². The number of benzene rings is 2. The predicted octanol–water partition coefficient (Wildman–Crippen LogP) is 1.62. The summed E-state index contributed by atoms with van der Waals surface area (Å²) in [4.78, 5) is 2.89. The van der Waals surface area contributed by atoms with Crippen LogP contribution in [0.15, 0.2) is 46.3 Å². The molecule has 2 aromatic carbocycles. The molecule has 0 bridgehead atoms. The molecule has 15 heteroatoms. The van der Waals surface area contributed by atoms with E-state index < -0.39 is 26.0 Å². The molecule has 1 N–H and O–H groups in total. The first-order chi connectivity index (χ1) is 16.4. The number of aromatic nitrogens is 1. The number of thiazole rings is 1. The number of hydrogen-bond donors (Lipinski definition) is 1. The summed E-state index contributed by atoms with van der Waals surface area (Å²) in [6.07, 6.45) is 2.29. The van der Waals surface area contributed by atoms with E-state index in [2.05, 4.69) is 0 Å². The van der Waals surface area contributed by atoms with Gasteiger partial charge in [-0.1, -0.05) is 46.3 Å². The van der Waals surface area contributed by atoms with Crippen molar-refractivity contribution in [3.8, 4) is 0 Å². The van der Waals surface area contributed by atoms with Crippen LogP contribution < -0.4 is 60.9 Å². The number of anilines is 1. The largest absolute Gasteiger partial charge is 1.00 e. The Bertz CT molecular complexity index is 1530. The Morgan fingerprint density at radius 2 is 1.72 bits per heavy atom. The zero-order chi connectivity index (χ0) is 25.4. The Labute approximate surface area is 270 Å².